The van der Waals surface area contributed by atoms with Gasteiger partial charge in [-0.05, 0) is 6.07 Å². The van der Waals surface area contributed by atoms with Crippen LogP contribution in [0, 0.1) is 10.1 Å². The van der Waals surface area contributed by atoms with Gasteiger partial charge in [0.2, 0.25) is 17.7 Å². The van der Waals surface area contributed by atoms with Crippen molar-refractivity contribution < 1.29 is 24.5 Å². The molecule has 2 aromatic rings. The number of hydrogen-bond acceptors (Lipinski definition) is 5. The summed E-state index contributed by atoms with van der Waals surface area (Å²) in [5.74, 6) is -0.623. The van der Waals surface area contributed by atoms with Crippen LogP contribution < -0.4 is 14.6 Å². The number of benzene rings is 1. The number of carbonyl (C=O) groups excluding carboxylic acids is 1. The number of pyridine rings is 1. The molecule has 8 nitrogen and oxygen atoms in total. The second-order valence-corrected chi connectivity index (χ2v) is 5.19. The fourth-order valence-electron chi connectivity index (χ4n) is 2.33. The molecule has 2 heterocycles. The summed E-state index contributed by atoms with van der Waals surface area (Å²) in [5, 5.41) is 20.3. The number of nitrogens with one attached hydrogen (secondary N) is 1. The molecule has 1 aliphatic heterocycles. The molecule has 0 saturated heterocycles. The number of anilines is 1. The van der Waals surface area contributed by atoms with E-state index in [4.69, 9.17) is 16.3 Å². The van der Waals surface area contributed by atoms with Gasteiger partial charge in [-0.25, -0.2) is 4.98 Å². The van der Waals surface area contributed by atoms with Gasteiger partial charge in [0.15, 0.2) is 6.20 Å². The molecule has 0 aliphatic carbocycles. The highest BCUT2D eigenvalue weighted by atomic mass is 35.5. The lowest BCUT2D eigenvalue weighted by atomic mass is 10.1. The number of rotatable bonds is 2. The lowest BCUT2D eigenvalue weighted by molar-refractivity contribution is -0.385. The van der Waals surface area contributed by atoms with Gasteiger partial charge in [-0.2, -0.15) is 0 Å². The van der Waals surface area contributed by atoms with Gasteiger partial charge in [0.25, 0.3) is 5.91 Å². The minimum atomic E-state index is -0.791. The van der Waals surface area contributed by atoms with Crippen LogP contribution in [-0.4, -0.2) is 29.1 Å². The number of fused-ring (bicyclic) bond motifs is 1. The third kappa shape index (κ3) is 2.64. The Bertz CT molecular complexity index is 811. The van der Waals surface area contributed by atoms with Crippen LogP contribution in [0.25, 0.3) is 0 Å². The van der Waals surface area contributed by atoms with Crippen LogP contribution in [-0.2, 0) is 0 Å². The number of phenolic OH excluding ortho intramolecular Hbond substituents is 1. The zero-order valence-electron chi connectivity index (χ0n) is 11.7. The Morgan fingerprint density at radius 1 is 1.48 bits per heavy atom. The van der Waals surface area contributed by atoms with Crippen molar-refractivity contribution in [1.82, 2.24) is 0 Å². The zero-order valence-corrected chi connectivity index (χ0v) is 12.4. The van der Waals surface area contributed by atoms with E-state index in [2.05, 4.69) is 4.98 Å². The van der Waals surface area contributed by atoms with Crippen LogP contribution in [0.2, 0.25) is 5.02 Å². The number of amides is 1. The maximum Gasteiger partial charge on any atom is 0.313 e. The third-order valence-corrected chi connectivity index (χ3v) is 3.69. The number of hydrogen-bond donors (Lipinski definition) is 1. The number of nitro benzene ring substituents is 1. The fourth-order valence-corrected chi connectivity index (χ4v) is 2.54. The monoisotopic (exact) mass is 336 g/mol. The molecule has 0 radical (unpaired) electrons. The molecule has 2 N–H and O–H groups in total. The third-order valence-electron chi connectivity index (χ3n) is 3.40. The van der Waals surface area contributed by atoms with Crippen molar-refractivity contribution in [3.63, 3.8) is 0 Å². The topological polar surface area (TPSA) is 107 Å². The first-order chi connectivity index (χ1) is 11.0. The van der Waals surface area contributed by atoms with E-state index in [0.717, 1.165) is 6.07 Å². The second-order valence-electron chi connectivity index (χ2n) is 4.78. The molecular weight excluding hydrogens is 326 g/mol. The molecule has 0 unspecified atom stereocenters. The molecule has 0 spiro atoms. The molecule has 23 heavy (non-hydrogen) atoms. The molecule has 0 fully saturated rings. The maximum atomic E-state index is 12.7. The molecule has 1 amide bonds. The lowest BCUT2D eigenvalue weighted by Crippen LogP contribution is -2.38. The van der Waals surface area contributed by atoms with E-state index in [-0.39, 0.29) is 10.6 Å². The second kappa shape index (κ2) is 5.73. The number of phenols is 1. The van der Waals surface area contributed by atoms with Crippen molar-refractivity contribution in [2.24, 2.45) is 0 Å². The lowest BCUT2D eigenvalue weighted by Gasteiger charge is -2.28. The van der Waals surface area contributed by atoms with Crippen LogP contribution >= 0.6 is 11.6 Å². The van der Waals surface area contributed by atoms with Gasteiger partial charge in [0.1, 0.15) is 6.61 Å². The number of carbonyl (C=O) groups is 1. The quantitative estimate of drug-likeness (QED) is 0.664. The van der Waals surface area contributed by atoms with Crippen molar-refractivity contribution in [3.05, 3.63) is 51.3 Å². The van der Waals surface area contributed by atoms with Gasteiger partial charge in [-0.15, -0.1) is 0 Å². The Labute approximate surface area is 135 Å². The summed E-state index contributed by atoms with van der Waals surface area (Å²) in [6, 6.07) is 3.88. The first-order valence-electron chi connectivity index (χ1n) is 6.60. The van der Waals surface area contributed by atoms with E-state index in [1.165, 1.54) is 11.0 Å². The van der Waals surface area contributed by atoms with Crippen LogP contribution in [0.1, 0.15) is 10.4 Å². The molecule has 1 aromatic heterocycles. The van der Waals surface area contributed by atoms with Crippen molar-refractivity contribution in [3.8, 4) is 11.5 Å². The average Bonchev–Trinajstić information content (AvgIpc) is 2.55. The summed E-state index contributed by atoms with van der Waals surface area (Å²) in [6.45, 7) is 0.590. The summed E-state index contributed by atoms with van der Waals surface area (Å²) in [6.07, 6.45) is 3.25. The smallest absolute Gasteiger partial charge is 0.313 e. The van der Waals surface area contributed by atoms with Crippen LogP contribution in [0.15, 0.2) is 30.6 Å². The highest BCUT2D eigenvalue weighted by molar-refractivity contribution is 6.33. The maximum absolute atomic E-state index is 12.7. The number of H-pyrrole nitrogens is 1. The van der Waals surface area contributed by atoms with Gasteiger partial charge in [-0.1, -0.05) is 11.6 Å². The van der Waals surface area contributed by atoms with Crippen molar-refractivity contribution >= 4 is 28.9 Å². The molecule has 1 aliphatic rings. The number of aromatic amines is 1. The van der Waals surface area contributed by atoms with Crippen LogP contribution in [0.4, 0.5) is 11.4 Å². The number of nitro groups is 1. The predicted molar refractivity (Wildman–Crippen MR) is 79.9 cm³/mol. The van der Waals surface area contributed by atoms with E-state index in [1.807, 2.05) is 0 Å². The average molecular weight is 337 g/mol. The number of nitrogens with zero attached hydrogens (tertiary/aromatic N) is 2. The summed E-state index contributed by atoms with van der Waals surface area (Å²) < 4.78 is 5.45. The highest BCUT2D eigenvalue weighted by Gasteiger charge is 2.28. The van der Waals surface area contributed by atoms with Crippen molar-refractivity contribution in [1.29, 1.82) is 0 Å². The molecule has 0 atom stereocenters. The normalized spacial score (nSPS) is 13.2. The summed E-state index contributed by atoms with van der Waals surface area (Å²) >= 11 is 5.79. The molecule has 3 rings (SSSR count). The number of aromatic nitrogens is 1. The van der Waals surface area contributed by atoms with Crippen molar-refractivity contribution in [2.75, 3.05) is 18.1 Å². The molecule has 0 saturated carbocycles. The largest absolute Gasteiger partial charge is 0.501 e. The van der Waals surface area contributed by atoms with Gasteiger partial charge in [0.05, 0.1) is 22.2 Å². The Balaban J connectivity index is 2.04. The number of halogens is 1. The van der Waals surface area contributed by atoms with E-state index in [9.17, 15) is 20.0 Å². The van der Waals surface area contributed by atoms with Crippen LogP contribution in [0.5, 0.6) is 11.5 Å². The Kier molecular flexibility index (Phi) is 3.75. The number of aromatic hydroxyl groups is 1. The molecule has 1 aromatic carbocycles. The van der Waals surface area contributed by atoms with Gasteiger partial charge >= 0.3 is 5.69 Å². The zero-order chi connectivity index (χ0) is 16.6. The minimum absolute atomic E-state index is 0.0141. The standard InChI is InChI=1S/C14H10ClN3O5/c15-9-5-8(6-11(13(9)19)18(21)22)14(20)17-3-4-23-12-7-16-2-1-10(12)17/h1-2,5-7,19H,3-4H2/p+1. The SMILES string of the molecule is O=C(c1cc(Cl)c(O)c([N+](=O)[O-])c1)N1CCOc2c[nH+]ccc21. The van der Waals surface area contributed by atoms with Gasteiger partial charge in [0, 0.05) is 17.7 Å². The Hall–Kier alpha value is -2.87. The molecular formula is C14H11ClN3O5+. The van der Waals surface area contributed by atoms with Gasteiger partial charge < -0.3 is 14.7 Å². The van der Waals surface area contributed by atoms with E-state index >= 15 is 0 Å². The Morgan fingerprint density at radius 3 is 3.00 bits per heavy atom. The van der Waals surface area contributed by atoms with E-state index in [0.29, 0.717) is 24.6 Å². The minimum Gasteiger partial charge on any atom is -0.501 e. The van der Waals surface area contributed by atoms with Crippen molar-refractivity contribution in [2.45, 2.75) is 0 Å². The van der Waals surface area contributed by atoms with Gasteiger partial charge in [-0.3, -0.25) is 14.9 Å². The molecule has 118 valence electrons. The summed E-state index contributed by atoms with van der Waals surface area (Å²) in [7, 11) is 0. The fraction of sp³-hybridized carbons (Fsp3) is 0.143. The first kappa shape index (κ1) is 15.0. The molecule has 0 bridgehead atoms. The summed E-state index contributed by atoms with van der Waals surface area (Å²) in [4.78, 5) is 27.2. The summed E-state index contributed by atoms with van der Waals surface area (Å²) in [5.41, 5.74) is -0.0530. The Morgan fingerprint density at radius 2 is 2.26 bits per heavy atom. The highest BCUT2D eigenvalue weighted by Crippen LogP contribution is 2.36. The number of ether oxygens (including phenoxy) is 1. The first-order valence-corrected chi connectivity index (χ1v) is 6.98. The predicted octanol–water partition coefficient (Wildman–Crippen LogP) is 1.81. The van der Waals surface area contributed by atoms with E-state index < -0.39 is 22.3 Å². The van der Waals surface area contributed by atoms with E-state index in [1.54, 1.807) is 18.5 Å². The van der Waals surface area contributed by atoms with Crippen LogP contribution in [0.3, 0.4) is 0 Å². The molecule has 9 heteroatoms.